The van der Waals surface area contributed by atoms with Crippen molar-refractivity contribution in [1.82, 2.24) is 24.9 Å². The van der Waals surface area contributed by atoms with Crippen molar-refractivity contribution in [3.63, 3.8) is 0 Å². The first-order valence-electron chi connectivity index (χ1n) is 10.3. The molecule has 0 radical (unpaired) electrons. The molecule has 7 heteroatoms. The summed E-state index contributed by atoms with van der Waals surface area (Å²) in [5, 5.41) is 6.65. The Kier molecular flexibility index (Phi) is 5.41. The maximum atomic E-state index is 12.8. The molecule has 2 aliphatic rings. The number of benzene rings is 1. The lowest BCUT2D eigenvalue weighted by Gasteiger charge is -2.26. The zero-order valence-electron chi connectivity index (χ0n) is 17.3. The molecule has 2 heterocycles. The van der Waals surface area contributed by atoms with Gasteiger partial charge in [0.15, 0.2) is 5.69 Å². The van der Waals surface area contributed by atoms with Gasteiger partial charge in [-0.05, 0) is 50.3 Å². The number of rotatable bonds is 4. The molecule has 1 aromatic carbocycles. The summed E-state index contributed by atoms with van der Waals surface area (Å²) >= 11 is 0. The van der Waals surface area contributed by atoms with Crippen LogP contribution < -0.4 is 5.32 Å². The van der Waals surface area contributed by atoms with Crippen LogP contribution in [0.5, 0.6) is 0 Å². The Hall–Kier alpha value is -2.67. The van der Waals surface area contributed by atoms with Crippen LogP contribution in [-0.4, -0.2) is 64.7 Å². The maximum absolute atomic E-state index is 12.8. The molecular weight excluding hydrogens is 366 g/mol. The van der Waals surface area contributed by atoms with Crippen LogP contribution in [0.3, 0.4) is 0 Å². The smallest absolute Gasteiger partial charge is 0.344 e. The molecule has 4 rings (SSSR count). The zero-order valence-corrected chi connectivity index (χ0v) is 17.3. The Balaban J connectivity index is 1.32. The highest BCUT2D eigenvalue weighted by Crippen LogP contribution is 2.40. The van der Waals surface area contributed by atoms with Gasteiger partial charge >= 0.3 is 6.03 Å². The van der Waals surface area contributed by atoms with E-state index in [-0.39, 0.29) is 17.6 Å². The van der Waals surface area contributed by atoms with Gasteiger partial charge in [-0.15, -0.1) is 0 Å². The van der Waals surface area contributed by atoms with Crippen LogP contribution in [0.4, 0.5) is 4.79 Å². The Labute approximate surface area is 171 Å². The average Bonchev–Trinajstić information content (AvgIpc) is 3.43. The number of hydrogen-bond acceptors (Lipinski definition) is 4. The van der Waals surface area contributed by atoms with Crippen molar-refractivity contribution >= 4 is 11.9 Å². The zero-order chi connectivity index (χ0) is 20.5. The first-order chi connectivity index (χ1) is 13.9. The second kappa shape index (κ2) is 7.99. The van der Waals surface area contributed by atoms with Crippen LogP contribution in [0.2, 0.25) is 0 Å². The fourth-order valence-corrected chi connectivity index (χ4v) is 4.72. The molecule has 0 bridgehead atoms. The Bertz CT molecular complexity index is 877. The van der Waals surface area contributed by atoms with Gasteiger partial charge in [0.1, 0.15) is 0 Å². The molecule has 1 N–H and O–H groups in total. The van der Waals surface area contributed by atoms with E-state index in [2.05, 4.69) is 53.6 Å². The number of fused-ring (bicyclic) bond motifs is 1. The van der Waals surface area contributed by atoms with E-state index in [4.69, 9.17) is 0 Å². The van der Waals surface area contributed by atoms with Gasteiger partial charge < -0.3 is 10.2 Å². The van der Waals surface area contributed by atoms with Crippen molar-refractivity contribution < 1.29 is 9.59 Å². The van der Waals surface area contributed by atoms with Crippen molar-refractivity contribution in [3.05, 3.63) is 53.3 Å². The highest BCUT2D eigenvalue weighted by atomic mass is 16.2. The SMILES string of the molecule is CNC(=O)c1ccn(C(=O)N2C[C@H]3CC(N(C)Cc4ccc(C)cc4)C[C@H]3C2)n1. The van der Waals surface area contributed by atoms with Gasteiger partial charge in [-0.3, -0.25) is 9.69 Å². The molecule has 1 aromatic heterocycles. The number of nitrogens with one attached hydrogen (secondary N) is 1. The van der Waals surface area contributed by atoms with Gasteiger partial charge in [-0.2, -0.15) is 9.78 Å². The summed E-state index contributed by atoms with van der Waals surface area (Å²) in [6.07, 6.45) is 3.82. The van der Waals surface area contributed by atoms with E-state index < -0.39 is 0 Å². The number of carbonyl (C=O) groups excluding carboxylic acids is 2. The molecule has 7 nitrogen and oxygen atoms in total. The summed E-state index contributed by atoms with van der Waals surface area (Å²) < 4.78 is 1.28. The second-order valence-corrected chi connectivity index (χ2v) is 8.46. The molecule has 0 spiro atoms. The third-order valence-corrected chi connectivity index (χ3v) is 6.42. The molecule has 1 saturated carbocycles. The average molecular weight is 396 g/mol. The number of aryl methyl sites for hydroxylation is 1. The lowest BCUT2D eigenvalue weighted by atomic mass is 10.0. The molecule has 3 atom stereocenters. The molecule has 1 saturated heterocycles. The third kappa shape index (κ3) is 4.05. The minimum absolute atomic E-state index is 0.140. The summed E-state index contributed by atoms with van der Waals surface area (Å²) in [6.45, 7) is 4.62. The highest BCUT2D eigenvalue weighted by molar-refractivity contribution is 5.92. The summed E-state index contributed by atoms with van der Waals surface area (Å²) in [4.78, 5) is 28.8. The quantitative estimate of drug-likeness (QED) is 0.863. The van der Waals surface area contributed by atoms with Crippen LogP contribution in [-0.2, 0) is 6.54 Å². The van der Waals surface area contributed by atoms with Gasteiger partial charge in [0, 0.05) is 38.9 Å². The predicted octanol–water partition coefficient (Wildman–Crippen LogP) is 2.36. The maximum Gasteiger partial charge on any atom is 0.344 e. The highest BCUT2D eigenvalue weighted by Gasteiger charge is 2.43. The van der Waals surface area contributed by atoms with Gasteiger partial charge in [0.05, 0.1) is 0 Å². The molecule has 154 valence electrons. The number of hydrogen-bond donors (Lipinski definition) is 1. The van der Waals surface area contributed by atoms with Crippen LogP contribution in [0.15, 0.2) is 36.5 Å². The van der Waals surface area contributed by atoms with Crippen molar-refractivity contribution in [1.29, 1.82) is 0 Å². The Morgan fingerprint density at radius 1 is 1.14 bits per heavy atom. The van der Waals surface area contributed by atoms with Crippen molar-refractivity contribution in [3.8, 4) is 0 Å². The monoisotopic (exact) mass is 395 g/mol. The van der Waals surface area contributed by atoms with Gasteiger partial charge in [-0.25, -0.2) is 4.79 Å². The first-order valence-corrected chi connectivity index (χ1v) is 10.3. The van der Waals surface area contributed by atoms with Gasteiger partial charge in [-0.1, -0.05) is 29.8 Å². The molecule has 1 aliphatic carbocycles. The van der Waals surface area contributed by atoms with Crippen LogP contribution in [0, 0.1) is 18.8 Å². The molecular formula is C22H29N5O2. The molecule has 1 aliphatic heterocycles. The third-order valence-electron chi connectivity index (χ3n) is 6.42. The van der Waals surface area contributed by atoms with Crippen molar-refractivity contribution in [2.24, 2.45) is 11.8 Å². The predicted molar refractivity (Wildman–Crippen MR) is 111 cm³/mol. The summed E-state index contributed by atoms with van der Waals surface area (Å²) in [7, 11) is 3.76. The van der Waals surface area contributed by atoms with Crippen LogP contribution in [0.1, 0.15) is 34.5 Å². The van der Waals surface area contributed by atoms with E-state index in [9.17, 15) is 9.59 Å². The molecule has 2 amide bonds. The fraction of sp³-hybridized carbons (Fsp3) is 0.500. The van der Waals surface area contributed by atoms with E-state index >= 15 is 0 Å². The largest absolute Gasteiger partial charge is 0.354 e. The lowest BCUT2D eigenvalue weighted by molar-refractivity contribution is 0.0957. The van der Waals surface area contributed by atoms with E-state index in [1.54, 1.807) is 19.3 Å². The minimum atomic E-state index is -0.283. The van der Waals surface area contributed by atoms with E-state index in [0.29, 0.717) is 17.9 Å². The molecule has 29 heavy (non-hydrogen) atoms. The second-order valence-electron chi connectivity index (χ2n) is 8.46. The van der Waals surface area contributed by atoms with Crippen molar-refractivity contribution in [2.75, 3.05) is 27.2 Å². The Morgan fingerprint density at radius 3 is 2.41 bits per heavy atom. The number of amides is 2. The summed E-state index contributed by atoms with van der Waals surface area (Å²) in [5.74, 6) is 0.797. The van der Waals surface area contributed by atoms with Gasteiger partial charge in [0.25, 0.3) is 5.91 Å². The number of carbonyl (C=O) groups is 2. The minimum Gasteiger partial charge on any atom is -0.354 e. The fourth-order valence-electron chi connectivity index (χ4n) is 4.72. The summed E-state index contributed by atoms with van der Waals surface area (Å²) in [5.41, 5.74) is 2.90. The van der Waals surface area contributed by atoms with Crippen LogP contribution >= 0.6 is 0 Å². The van der Waals surface area contributed by atoms with E-state index in [1.807, 2.05) is 4.90 Å². The normalized spacial score (nSPS) is 23.4. The number of aromatic nitrogens is 2. The summed E-state index contributed by atoms with van der Waals surface area (Å²) in [6, 6.07) is 10.7. The van der Waals surface area contributed by atoms with Crippen LogP contribution in [0.25, 0.3) is 0 Å². The van der Waals surface area contributed by atoms with E-state index in [1.165, 1.54) is 15.8 Å². The number of nitrogens with zero attached hydrogens (tertiary/aromatic N) is 4. The molecule has 1 unspecified atom stereocenters. The first kappa shape index (κ1) is 19.6. The van der Waals surface area contributed by atoms with Gasteiger partial charge in [0.2, 0.25) is 0 Å². The lowest BCUT2D eigenvalue weighted by Crippen LogP contribution is -2.36. The Morgan fingerprint density at radius 2 is 1.79 bits per heavy atom. The standard InChI is InChI=1S/C22H29N5O2/c1-15-4-6-16(7-5-15)12-25(3)19-10-17-13-26(14-18(17)11-19)22(29)27-9-8-20(24-27)21(28)23-2/h4-9,17-19H,10-14H2,1-3H3,(H,23,28)/t17-,18+,19?. The van der Waals surface area contributed by atoms with E-state index in [0.717, 1.165) is 32.5 Å². The molecule has 2 aromatic rings. The topological polar surface area (TPSA) is 70.5 Å². The van der Waals surface area contributed by atoms with Crippen molar-refractivity contribution in [2.45, 2.75) is 32.4 Å². The number of likely N-dealkylation sites (tertiary alicyclic amines) is 1. The molecule has 2 fully saturated rings.